The molecule has 1 saturated carbocycles. The highest BCUT2D eigenvalue weighted by Gasteiger charge is 2.20. The molecule has 5 heteroatoms. The first-order chi connectivity index (χ1) is 11.2. The van der Waals surface area contributed by atoms with Crippen molar-refractivity contribution in [2.45, 2.75) is 64.6 Å². The molecule has 0 bridgehead atoms. The van der Waals surface area contributed by atoms with Crippen LogP contribution in [0.4, 0.5) is 0 Å². The molecule has 1 aromatic rings. The summed E-state index contributed by atoms with van der Waals surface area (Å²) in [5.41, 5.74) is 1.11. The number of halogens is 1. The maximum Gasteiger partial charge on any atom is 0.162 e. The van der Waals surface area contributed by atoms with Gasteiger partial charge >= 0.3 is 0 Å². The molecule has 0 aromatic heterocycles. The Morgan fingerprint density at radius 1 is 1.26 bits per heavy atom. The molecule has 130 valence electrons. The van der Waals surface area contributed by atoms with Crippen LogP contribution in [0.15, 0.2) is 16.6 Å². The number of rotatable bonds is 9. The first-order valence-corrected chi connectivity index (χ1v) is 9.43. The maximum atomic E-state index is 9.30. The average Bonchev–Trinajstić information content (AvgIpc) is 3.05. The van der Waals surface area contributed by atoms with Gasteiger partial charge in [-0.2, -0.15) is 0 Å². The van der Waals surface area contributed by atoms with Gasteiger partial charge in [-0.15, -0.1) is 0 Å². The number of ether oxygens (including phenoxy) is 2. The summed E-state index contributed by atoms with van der Waals surface area (Å²) in [6, 6.07) is 4.17. The van der Waals surface area contributed by atoms with E-state index in [0.29, 0.717) is 19.3 Å². The maximum absolute atomic E-state index is 9.30. The molecule has 0 radical (unpaired) electrons. The fourth-order valence-electron chi connectivity index (χ4n) is 2.85. The van der Waals surface area contributed by atoms with Gasteiger partial charge in [-0.1, -0.05) is 22.9 Å². The molecular formula is C18H28BrNO3. The Balaban J connectivity index is 2.12. The largest absolute Gasteiger partial charge is 0.490 e. The van der Waals surface area contributed by atoms with E-state index in [2.05, 4.69) is 28.2 Å². The zero-order valence-corrected chi connectivity index (χ0v) is 15.7. The van der Waals surface area contributed by atoms with Crippen molar-refractivity contribution in [3.8, 4) is 11.5 Å². The van der Waals surface area contributed by atoms with Gasteiger partial charge in [0.15, 0.2) is 11.5 Å². The molecule has 0 amide bonds. The molecule has 2 N–H and O–H groups in total. The van der Waals surface area contributed by atoms with E-state index in [1.54, 1.807) is 0 Å². The first-order valence-electron chi connectivity index (χ1n) is 8.64. The number of hydrogen-bond acceptors (Lipinski definition) is 4. The summed E-state index contributed by atoms with van der Waals surface area (Å²) in [7, 11) is 0. The van der Waals surface area contributed by atoms with Crippen molar-refractivity contribution >= 4 is 15.9 Å². The average molecular weight is 386 g/mol. The van der Waals surface area contributed by atoms with E-state index < -0.39 is 0 Å². The normalized spacial score (nSPS) is 16.5. The summed E-state index contributed by atoms with van der Waals surface area (Å²) in [6.07, 6.45) is 5.95. The second kappa shape index (κ2) is 9.50. The SMILES string of the molecule is CCOc1cc(CNC(CC)CO)c(Br)cc1OC1CCCC1. The predicted molar refractivity (Wildman–Crippen MR) is 96.2 cm³/mol. The first kappa shape index (κ1) is 18.6. The van der Waals surface area contributed by atoms with Gasteiger partial charge in [0.25, 0.3) is 0 Å². The van der Waals surface area contributed by atoms with Crippen LogP contribution < -0.4 is 14.8 Å². The number of nitrogens with one attached hydrogen (secondary N) is 1. The highest BCUT2D eigenvalue weighted by Crippen LogP contribution is 2.36. The molecule has 2 rings (SSSR count). The third-order valence-corrected chi connectivity index (χ3v) is 5.04. The fourth-order valence-corrected chi connectivity index (χ4v) is 3.31. The lowest BCUT2D eigenvalue weighted by molar-refractivity contribution is 0.196. The van der Waals surface area contributed by atoms with E-state index in [1.807, 2.05) is 19.1 Å². The number of hydrogen-bond donors (Lipinski definition) is 2. The summed E-state index contributed by atoms with van der Waals surface area (Å²) in [5, 5.41) is 12.7. The van der Waals surface area contributed by atoms with Crippen LogP contribution in [0, 0.1) is 0 Å². The van der Waals surface area contributed by atoms with Crippen molar-refractivity contribution in [1.82, 2.24) is 5.32 Å². The van der Waals surface area contributed by atoms with Gasteiger partial charge in [-0.05, 0) is 56.7 Å². The lowest BCUT2D eigenvalue weighted by atomic mass is 10.1. The van der Waals surface area contributed by atoms with E-state index in [1.165, 1.54) is 12.8 Å². The van der Waals surface area contributed by atoms with Crippen LogP contribution in [0.25, 0.3) is 0 Å². The highest BCUT2D eigenvalue weighted by molar-refractivity contribution is 9.10. The summed E-state index contributed by atoms with van der Waals surface area (Å²) in [4.78, 5) is 0. The minimum absolute atomic E-state index is 0.117. The minimum atomic E-state index is 0.117. The standard InChI is InChI=1S/C18H28BrNO3/c1-3-14(12-21)20-11-13-9-17(22-4-2)18(10-16(13)19)23-15-7-5-6-8-15/h9-10,14-15,20-21H,3-8,11-12H2,1-2H3. The highest BCUT2D eigenvalue weighted by atomic mass is 79.9. The second-order valence-electron chi connectivity index (χ2n) is 6.02. The quantitative estimate of drug-likeness (QED) is 0.673. The molecule has 0 spiro atoms. The Morgan fingerprint density at radius 2 is 2.00 bits per heavy atom. The van der Waals surface area contributed by atoms with Crippen LogP contribution in [-0.4, -0.2) is 30.5 Å². The number of benzene rings is 1. The molecule has 1 aromatic carbocycles. The van der Waals surface area contributed by atoms with E-state index in [9.17, 15) is 5.11 Å². The molecule has 1 aliphatic rings. The van der Waals surface area contributed by atoms with Crippen LogP contribution in [0.3, 0.4) is 0 Å². The summed E-state index contributed by atoms with van der Waals surface area (Å²) < 4.78 is 12.9. The Hall–Kier alpha value is -0.780. The van der Waals surface area contributed by atoms with E-state index in [4.69, 9.17) is 9.47 Å². The Bertz CT molecular complexity index is 485. The van der Waals surface area contributed by atoms with Crippen LogP contribution in [0.2, 0.25) is 0 Å². The Morgan fingerprint density at radius 3 is 2.61 bits per heavy atom. The van der Waals surface area contributed by atoms with Crippen molar-refractivity contribution < 1.29 is 14.6 Å². The number of aliphatic hydroxyl groups excluding tert-OH is 1. The second-order valence-corrected chi connectivity index (χ2v) is 6.87. The molecule has 23 heavy (non-hydrogen) atoms. The molecule has 0 heterocycles. The fraction of sp³-hybridized carbons (Fsp3) is 0.667. The van der Waals surface area contributed by atoms with Crippen LogP contribution >= 0.6 is 15.9 Å². The van der Waals surface area contributed by atoms with Crippen molar-refractivity contribution in [3.63, 3.8) is 0 Å². The van der Waals surface area contributed by atoms with Crippen molar-refractivity contribution in [2.75, 3.05) is 13.2 Å². The minimum Gasteiger partial charge on any atom is -0.490 e. The summed E-state index contributed by atoms with van der Waals surface area (Å²) in [5.74, 6) is 1.63. The van der Waals surface area contributed by atoms with E-state index >= 15 is 0 Å². The van der Waals surface area contributed by atoms with Gasteiger partial charge in [0.1, 0.15) is 0 Å². The van der Waals surface area contributed by atoms with Crippen LogP contribution in [0.5, 0.6) is 11.5 Å². The van der Waals surface area contributed by atoms with Gasteiger partial charge < -0.3 is 19.9 Å². The molecule has 1 aliphatic carbocycles. The lowest BCUT2D eigenvalue weighted by Crippen LogP contribution is -2.31. The molecule has 0 saturated heterocycles. The zero-order chi connectivity index (χ0) is 16.7. The third-order valence-electron chi connectivity index (χ3n) is 4.30. The molecule has 0 aliphatic heterocycles. The topological polar surface area (TPSA) is 50.7 Å². The van der Waals surface area contributed by atoms with E-state index in [-0.39, 0.29) is 12.6 Å². The molecule has 4 nitrogen and oxygen atoms in total. The lowest BCUT2D eigenvalue weighted by Gasteiger charge is -2.20. The van der Waals surface area contributed by atoms with Crippen molar-refractivity contribution in [2.24, 2.45) is 0 Å². The van der Waals surface area contributed by atoms with E-state index in [0.717, 1.165) is 40.8 Å². The molecular weight excluding hydrogens is 358 g/mol. The van der Waals surface area contributed by atoms with Crippen LogP contribution in [-0.2, 0) is 6.54 Å². The van der Waals surface area contributed by atoms with Crippen molar-refractivity contribution in [1.29, 1.82) is 0 Å². The van der Waals surface area contributed by atoms with Crippen LogP contribution in [0.1, 0.15) is 51.5 Å². The zero-order valence-electron chi connectivity index (χ0n) is 14.1. The van der Waals surface area contributed by atoms with Gasteiger partial charge in [-0.25, -0.2) is 0 Å². The number of aliphatic hydroxyl groups is 1. The van der Waals surface area contributed by atoms with Crippen molar-refractivity contribution in [3.05, 3.63) is 22.2 Å². The smallest absolute Gasteiger partial charge is 0.162 e. The molecule has 1 unspecified atom stereocenters. The summed E-state index contributed by atoms with van der Waals surface area (Å²) in [6.45, 7) is 5.49. The van der Waals surface area contributed by atoms with Gasteiger partial charge in [0.05, 0.1) is 19.3 Å². The summed E-state index contributed by atoms with van der Waals surface area (Å²) >= 11 is 3.64. The predicted octanol–water partition coefficient (Wildman–Crippen LogP) is 4.03. The molecule has 1 atom stereocenters. The third kappa shape index (κ3) is 5.37. The van der Waals surface area contributed by atoms with Gasteiger partial charge in [-0.3, -0.25) is 0 Å². The monoisotopic (exact) mass is 385 g/mol. The van der Waals surface area contributed by atoms with Gasteiger partial charge in [0.2, 0.25) is 0 Å². The molecule has 1 fully saturated rings. The Labute approximate surface area is 147 Å². The Kier molecular flexibility index (Phi) is 7.66. The van der Waals surface area contributed by atoms with Gasteiger partial charge in [0, 0.05) is 17.1 Å².